The van der Waals surface area contributed by atoms with Crippen LogP contribution in [0.5, 0.6) is 0 Å². The zero-order valence-corrected chi connectivity index (χ0v) is 16.7. The fourth-order valence-electron chi connectivity index (χ4n) is 4.18. The number of nitrogens with zero attached hydrogens (tertiary/aromatic N) is 3. The first-order valence-electron chi connectivity index (χ1n) is 9.58. The topological polar surface area (TPSA) is 47.2 Å². The van der Waals surface area contributed by atoms with Crippen LogP contribution in [0, 0.1) is 0 Å². The van der Waals surface area contributed by atoms with Crippen LogP contribution in [0.1, 0.15) is 16.7 Å². The quantitative estimate of drug-likeness (QED) is 0.570. The number of thiophene rings is 1. The molecule has 1 fully saturated rings. The van der Waals surface area contributed by atoms with Crippen molar-refractivity contribution in [1.29, 1.82) is 0 Å². The molecule has 0 spiro atoms. The molecule has 0 saturated carbocycles. The fourth-order valence-corrected chi connectivity index (χ4v) is 4.93. The van der Waals surface area contributed by atoms with Gasteiger partial charge in [-0.3, -0.25) is 10.00 Å². The first-order chi connectivity index (χ1) is 13.2. The van der Waals surface area contributed by atoms with Crippen LogP contribution in [0.2, 0.25) is 0 Å². The lowest BCUT2D eigenvalue weighted by atomic mass is 10.0. The predicted molar refractivity (Wildman–Crippen MR) is 112 cm³/mol. The van der Waals surface area contributed by atoms with Gasteiger partial charge in [-0.05, 0) is 24.2 Å². The van der Waals surface area contributed by atoms with E-state index in [0.717, 1.165) is 31.7 Å². The molecule has 5 nitrogen and oxygen atoms in total. The van der Waals surface area contributed by atoms with E-state index in [9.17, 15) is 0 Å². The highest BCUT2D eigenvalue weighted by Gasteiger charge is 2.26. The molecule has 2 N–H and O–H groups in total. The average molecular weight is 380 g/mol. The predicted octanol–water partition coefficient (Wildman–Crippen LogP) is 3.50. The van der Waals surface area contributed by atoms with Crippen LogP contribution >= 0.6 is 11.3 Å². The number of hydrogen-bond acceptors (Lipinski definition) is 5. The Hall–Kier alpha value is -2.15. The largest absolute Gasteiger partial charge is 0.380 e. The molecule has 0 amide bonds. The molecular formula is C21H25N5S. The number of rotatable bonds is 4. The summed E-state index contributed by atoms with van der Waals surface area (Å²) in [6.45, 7) is 5.70. The molecule has 1 aliphatic carbocycles. The molecule has 1 aromatic carbocycles. The summed E-state index contributed by atoms with van der Waals surface area (Å²) in [5, 5.41) is 14.5. The highest BCUT2D eigenvalue weighted by atomic mass is 32.1. The number of fused-ring (bicyclic) bond motifs is 3. The molecule has 0 bridgehead atoms. The Balaban J connectivity index is 1.38. The van der Waals surface area contributed by atoms with Gasteiger partial charge in [-0.2, -0.15) is 5.10 Å². The van der Waals surface area contributed by atoms with Gasteiger partial charge in [0.1, 0.15) is 0 Å². The molecule has 27 heavy (non-hydrogen) atoms. The maximum absolute atomic E-state index is 4.62. The number of H-pyrrole nitrogens is 1. The van der Waals surface area contributed by atoms with Gasteiger partial charge in [0.15, 0.2) is 0 Å². The molecule has 0 radical (unpaired) electrons. The minimum absolute atomic E-state index is 0.970. The van der Waals surface area contributed by atoms with E-state index in [-0.39, 0.29) is 0 Å². The average Bonchev–Trinajstić information content (AvgIpc) is 3.37. The lowest BCUT2D eigenvalue weighted by molar-refractivity contribution is 0.148. The van der Waals surface area contributed by atoms with Gasteiger partial charge >= 0.3 is 0 Å². The van der Waals surface area contributed by atoms with Crippen LogP contribution in [0.25, 0.3) is 22.5 Å². The van der Waals surface area contributed by atoms with E-state index in [1.165, 1.54) is 51.6 Å². The number of hydrogen-bond donors (Lipinski definition) is 2. The van der Waals surface area contributed by atoms with Crippen molar-refractivity contribution in [3.63, 3.8) is 0 Å². The summed E-state index contributed by atoms with van der Waals surface area (Å²) >= 11 is 1.73. The van der Waals surface area contributed by atoms with Crippen molar-refractivity contribution in [1.82, 2.24) is 20.0 Å². The number of nitrogens with one attached hydrogen (secondary N) is 2. The Kier molecular flexibility index (Phi) is 4.27. The molecule has 2 aromatic heterocycles. The lowest BCUT2D eigenvalue weighted by Crippen LogP contribution is -2.43. The van der Waals surface area contributed by atoms with E-state index < -0.39 is 0 Å². The first-order valence-corrected chi connectivity index (χ1v) is 10.5. The van der Waals surface area contributed by atoms with Crippen molar-refractivity contribution in [3.8, 4) is 22.5 Å². The van der Waals surface area contributed by atoms with Crippen molar-refractivity contribution in [2.45, 2.75) is 13.0 Å². The number of piperazine rings is 1. The van der Waals surface area contributed by atoms with Gasteiger partial charge in [0, 0.05) is 68.3 Å². The number of likely N-dealkylation sites (N-methyl/N-ethyl adjacent to an activating group) is 1. The Morgan fingerprint density at radius 1 is 1.19 bits per heavy atom. The minimum atomic E-state index is 0.970. The van der Waals surface area contributed by atoms with E-state index in [4.69, 9.17) is 0 Å². The third kappa shape index (κ3) is 3.08. The third-order valence-electron chi connectivity index (χ3n) is 5.79. The number of anilines is 1. The van der Waals surface area contributed by atoms with Crippen LogP contribution in [0.3, 0.4) is 0 Å². The summed E-state index contributed by atoms with van der Waals surface area (Å²) in [6, 6.07) is 9.15. The van der Waals surface area contributed by atoms with Crippen LogP contribution in [0.15, 0.2) is 29.6 Å². The van der Waals surface area contributed by atoms with Gasteiger partial charge in [0.25, 0.3) is 0 Å². The Labute approximate surface area is 164 Å². The van der Waals surface area contributed by atoms with Crippen molar-refractivity contribution in [2.75, 3.05) is 45.6 Å². The van der Waals surface area contributed by atoms with Crippen molar-refractivity contribution in [3.05, 3.63) is 46.3 Å². The summed E-state index contributed by atoms with van der Waals surface area (Å²) in [5.74, 6) is 0. The second kappa shape index (κ2) is 6.78. The standard InChI is InChI=1S/C21H25N5S/c1-22-19-11-16(13-27-19)20-18-10-15-9-14(3-4-17(15)21(18)24-23-20)12-26-7-5-25(2)6-8-26/h3-4,9,11,13,22H,5-8,10,12H2,1-2H3,(H,23,24). The molecule has 3 aromatic rings. The number of aromatic amines is 1. The van der Waals surface area contributed by atoms with Gasteiger partial charge < -0.3 is 10.2 Å². The SMILES string of the molecule is CNc1cc(-c2n[nH]c3c2Cc2cc(CN4CCN(C)CC4)ccc2-3)cs1. The maximum Gasteiger partial charge on any atom is 0.0971 e. The Morgan fingerprint density at radius 2 is 2.04 bits per heavy atom. The van der Waals surface area contributed by atoms with Crippen LogP contribution in [0.4, 0.5) is 5.00 Å². The third-order valence-corrected chi connectivity index (χ3v) is 6.74. The van der Waals surface area contributed by atoms with Gasteiger partial charge in [-0.1, -0.05) is 18.2 Å². The zero-order valence-electron chi connectivity index (χ0n) is 15.9. The maximum atomic E-state index is 4.62. The van der Waals surface area contributed by atoms with Gasteiger partial charge in [0.05, 0.1) is 16.4 Å². The summed E-state index contributed by atoms with van der Waals surface area (Å²) in [5.41, 5.74) is 8.99. The molecule has 140 valence electrons. The first kappa shape index (κ1) is 17.0. The highest BCUT2D eigenvalue weighted by Crippen LogP contribution is 2.41. The van der Waals surface area contributed by atoms with Gasteiger partial charge in [-0.25, -0.2) is 0 Å². The van der Waals surface area contributed by atoms with E-state index in [2.05, 4.69) is 62.0 Å². The van der Waals surface area contributed by atoms with Gasteiger partial charge in [-0.15, -0.1) is 11.3 Å². The summed E-state index contributed by atoms with van der Waals surface area (Å²) < 4.78 is 0. The number of benzene rings is 1. The van der Waals surface area contributed by atoms with Crippen molar-refractivity contribution >= 4 is 16.3 Å². The molecule has 0 unspecified atom stereocenters. The Morgan fingerprint density at radius 3 is 2.81 bits per heavy atom. The number of aromatic nitrogens is 2. The molecule has 6 heteroatoms. The second-order valence-electron chi connectivity index (χ2n) is 7.62. The summed E-state index contributed by atoms with van der Waals surface area (Å²) in [6.07, 6.45) is 0.970. The highest BCUT2D eigenvalue weighted by molar-refractivity contribution is 7.14. The zero-order chi connectivity index (χ0) is 18.4. The van der Waals surface area contributed by atoms with E-state index >= 15 is 0 Å². The van der Waals surface area contributed by atoms with Crippen molar-refractivity contribution in [2.24, 2.45) is 0 Å². The smallest absolute Gasteiger partial charge is 0.0971 e. The summed E-state index contributed by atoms with van der Waals surface area (Å²) in [4.78, 5) is 4.97. The molecule has 1 aliphatic heterocycles. The monoisotopic (exact) mass is 379 g/mol. The molecule has 1 saturated heterocycles. The summed E-state index contributed by atoms with van der Waals surface area (Å²) in [7, 11) is 4.17. The normalized spacial score (nSPS) is 17.1. The molecule has 2 aliphatic rings. The minimum Gasteiger partial charge on any atom is -0.380 e. The van der Waals surface area contributed by atoms with E-state index in [1.807, 2.05) is 7.05 Å². The molecule has 3 heterocycles. The molecular weight excluding hydrogens is 354 g/mol. The van der Waals surface area contributed by atoms with Crippen molar-refractivity contribution < 1.29 is 0 Å². The van der Waals surface area contributed by atoms with Crippen LogP contribution in [-0.2, 0) is 13.0 Å². The lowest BCUT2D eigenvalue weighted by Gasteiger charge is -2.32. The second-order valence-corrected chi connectivity index (χ2v) is 8.53. The van der Waals surface area contributed by atoms with E-state index in [1.54, 1.807) is 11.3 Å². The van der Waals surface area contributed by atoms with Crippen LogP contribution in [-0.4, -0.2) is 60.3 Å². The van der Waals surface area contributed by atoms with E-state index in [0.29, 0.717) is 0 Å². The van der Waals surface area contributed by atoms with Crippen LogP contribution < -0.4 is 5.32 Å². The van der Waals surface area contributed by atoms with Gasteiger partial charge in [0.2, 0.25) is 0 Å². The molecule has 0 atom stereocenters. The molecule has 5 rings (SSSR count). The fraction of sp³-hybridized carbons (Fsp3) is 0.381. The Bertz CT molecular complexity index is 965.